The van der Waals surface area contributed by atoms with Crippen LogP contribution in [0.3, 0.4) is 0 Å². The Labute approximate surface area is 222 Å². The van der Waals surface area contributed by atoms with Crippen molar-refractivity contribution in [1.29, 1.82) is 0 Å². The molecule has 0 saturated carbocycles. The fourth-order valence-electron chi connectivity index (χ4n) is 2.95. The zero-order valence-electron chi connectivity index (χ0n) is 19.8. The maximum atomic E-state index is 12.7. The summed E-state index contributed by atoms with van der Waals surface area (Å²) in [7, 11) is 0. The Balaban J connectivity index is 1.92. The molecule has 0 bridgehead atoms. The van der Waals surface area contributed by atoms with E-state index in [1.165, 1.54) is 30.5 Å². The highest BCUT2D eigenvalue weighted by Gasteiger charge is 2.24. The maximum absolute atomic E-state index is 12.7. The van der Waals surface area contributed by atoms with Gasteiger partial charge in [-0.15, -0.1) is 0 Å². The molecule has 0 aliphatic heterocycles. The van der Waals surface area contributed by atoms with Gasteiger partial charge in [-0.2, -0.15) is 0 Å². The third-order valence-corrected chi connectivity index (χ3v) is 5.46. The van der Waals surface area contributed by atoms with Crippen molar-refractivity contribution < 1.29 is 33.5 Å². The second kappa shape index (κ2) is 14.7. The minimum Gasteiger partial charge on any atom is -0.480 e. The van der Waals surface area contributed by atoms with Gasteiger partial charge in [-0.25, -0.2) is 4.79 Å². The second-order valence-electron chi connectivity index (χ2n) is 7.63. The summed E-state index contributed by atoms with van der Waals surface area (Å²) in [5, 5.41) is 19.2. The van der Waals surface area contributed by atoms with Crippen LogP contribution in [-0.2, 0) is 25.7 Å². The van der Waals surface area contributed by atoms with Gasteiger partial charge in [0, 0.05) is 25.6 Å². The molecule has 0 aliphatic carbocycles. The predicted molar refractivity (Wildman–Crippen MR) is 136 cm³/mol. The molecule has 0 aliphatic rings. The molecule has 0 spiro atoms. The molecule has 1 atom stereocenters. The van der Waals surface area contributed by atoms with E-state index < -0.39 is 29.7 Å². The van der Waals surface area contributed by atoms with Gasteiger partial charge in [0.25, 0.3) is 5.91 Å². The minimum atomic E-state index is -1.34. The van der Waals surface area contributed by atoms with Crippen molar-refractivity contribution in [2.45, 2.75) is 32.4 Å². The molecule has 1 aromatic heterocycles. The molecule has 2 rings (SSSR count). The molecule has 11 nitrogen and oxygen atoms in total. The first-order valence-corrected chi connectivity index (χ1v) is 11.9. The van der Waals surface area contributed by atoms with Crippen LogP contribution in [0, 0.1) is 0 Å². The van der Waals surface area contributed by atoms with E-state index >= 15 is 0 Å². The van der Waals surface area contributed by atoms with Crippen LogP contribution < -0.4 is 21.3 Å². The van der Waals surface area contributed by atoms with Crippen molar-refractivity contribution in [2.24, 2.45) is 0 Å². The summed E-state index contributed by atoms with van der Waals surface area (Å²) in [6.07, 6.45) is 4.37. The zero-order chi connectivity index (χ0) is 27.4. The number of carbonyl (C=O) groups is 5. The number of nitrogens with one attached hydrogen (secondary N) is 4. The number of carboxylic acid groups (broad SMARTS) is 1. The number of hydrogen-bond acceptors (Lipinski definition) is 6. The highest BCUT2D eigenvalue weighted by Crippen LogP contribution is 2.27. The van der Waals surface area contributed by atoms with Crippen LogP contribution in [-0.4, -0.2) is 53.8 Å². The first kappa shape index (κ1) is 29.4. The Morgan fingerprint density at radius 3 is 2.35 bits per heavy atom. The van der Waals surface area contributed by atoms with Gasteiger partial charge in [-0.05, 0) is 42.3 Å². The van der Waals surface area contributed by atoms with Gasteiger partial charge in [0.2, 0.25) is 17.7 Å². The number of benzene rings is 1. The maximum Gasteiger partial charge on any atom is 0.326 e. The third-order valence-electron chi connectivity index (χ3n) is 4.86. The van der Waals surface area contributed by atoms with Gasteiger partial charge < -0.3 is 30.8 Å². The monoisotopic (exact) mass is 552 g/mol. The molecule has 0 saturated heterocycles. The van der Waals surface area contributed by atoms with Gasteiger partial charge in [0.15, 0.2) is 0 Å². The molecular formula is C24H26Cl2N4O7. The summed E-state index contributed by atoms with van der Waals surface area (Å²) >= 11 is 12.5. The highest BCUT2D eigenvalue weighted by molar-refractivity contribution is 6.39. The van der Waals surface area contributed by atoms with E-state index in [4.69, 9.17) is 27.6 Å². The fourth-order valence-corrected chi connectivity index (χ4v) is 3.65. The topological polar surface area (TPSA) is 167 Å². The molecule has 4 amide bonds. The molecular weight excluding hydrogens is 527 g/mol. The Morgan fingerprint density at radius 1 is 1.05 bits per heavy atom. The lowest BCUT2D eigenvalue weighted by Crippen LogP contribution is -2.44. The molecule has 2 aromatic rings. The highest BCUT2D eigenvalue weighted by atomic mass is 35.5. The summed E-state index contributed by atoms with van der Waals surface area (Å²) < 4.78 is 5.10. The fraction of sp³-hybridized carbons (Fsp3) is 0.292. The van der Waals surface area contributed by atoms with Gasteiger partial charge in [-0.1, -0.05) is 30.1 Å². The molecule has 0 unspecified atom stereocenters. The summed E-state index contributed by atoms with van der Waals surface area (Å²) in [4.78, 5) is 59.2. The first-order valence-electron chi connectivity index (χ1n) is 11.1. The normalized spacial score (nSPS) is 11.5. The zero-order valence-corrected chi connectivity index (χ0v) is 21.3. The number of hydrogen-bond donors (Lipinski definition) is 5. The van der Waals surface area contributed by atoms with Crippen LogP contribution >= 0.6 is 23.2 Å². The lowest BCUT2D eigenvalue weighted by molar-refractivity contribution is -0.139. The number of halogens is 2. The largest absolute Gasteiger partial charge is 0.480 e. The van der Waals surface area contributed by atoms with Crippen molar-refractivity contribution in [3.05, 3.63) is 63.5 Å². The predicted octanol–water partition coefficient (Wildman–Crippen LogP) is 2.13. The molecule has 1 aromatic carbocycles. The van der Waals surface area contributed by atoms with Crippen molar-refractivity contribution in [3.8, 4) is 0 Å². The van der Waals surface area contributed by atoms with Gasteiger partial charge in [-0.3, -0.25) is 19.2 Å². The second-order valence-corrected chi connectivity index (χ2v) is 8.45. The molecule has 198 valence electrons. The van der Waals surface area contributed by atoms with E-state index in [0.717, 1.165) is 0 Å². The lowest BCUT2D eigenvalue weighted by atomic mass is 10.1. The number of rotatable bonds is 13. The number of carboxylic acids is 1. The van der Waals surface area contributed by atoms with Crippen LogP contribution in [0.4, 0.5) is 0 Å². The van der Waals surface area contributed by atoms with Crippen LogP contribution in [0.5, 0.6) is 0 Å². The molecule has 0 fully saturated rings. The summed E-state index contributed by atoms with van der Waals surface area (Å²) in [6.45, 7) is 1.40. The quantitative estimate of drug-likeness (QED) is 0.237. The van der Waals surface area contributed by atoms with Crippen LogP contribution in [0.15, 0.2) is 41.0 Å². The Hall–Kier alpha value is -3.83. The molecule has 5 N–H and O–H groups in total. The molecule has 1 heterocycles. The number of amides is 4. The van der Waals surface area contributed by atoms with Crippen molar-refractivity contribution in [3.63, 3.8) is 0 Å². The standard InChI is InChI=1S/C24H26Cl2N4O7/c1-2-19(31)29-13-21(33)27-8-7-18(24(35)36)30-23(34)22-16(25)10-14(11-17(22)26)12-28-20(32)6-5-15-4-3-9-37-15/h3-6,9-11,18H,2,7-8,12-13H2,1H3,(H,27,33)(H,28,32)(H,29,31)(H,30,34)(H,35,36)/b6-5+/t18-/m0/s1. The molecule has 37 heavy (non-hydrogen) atoms. The van der Waals surface area contributed by atoms with Crippen molar-refractivity contribution in [2.75, 3.05) is 13.1 Å². The summed E-state index contributed by atoms with van der Waals surface area (Å²) in [5.41, 5.74) is 0.382. The van der Waals surface area contributed by atoms with Crippen LogP contribution in [0.2, 0.25) is 10.0 Å². The first-order chi connectivity index (χ1) is 17.6. The summed E-state index contributed by atoms with van der Waals surface area (Å²) in [6, 6.07) is 4.89. The SMILES string of the molecule is CCC(=O)NCC(=O)NCC[C@H](NC(=O)c1c(Cl)cc(CNC(=O)/C=C/c2ccco2)cc1Cl)C(=O)O. The van der Waals surface area contributed by atoms with E-state index in [1.807, 2.05) is 0 Å². The minimum absolute atomic E-state index is 0.0375. The van der Waals surface area contributed by atoms with Gasteiger partial charge in [0.1, 0.15) is 11.8 Å². The van der Waals surface area contributed by atoms with E-state index in [-0.39, 0.29) is 54.0 Å². The van der Waals surface area contributed by atoms with Gasteiger partial charge >= 0.3 is 5.97 Å². The summed E-state index contributed by atoms with van der Waals surface area (Å²) in [5.74, 6) is -2.82. The van der Waals surface area contributed by atoms with E-state index in [1.54, 1.807) is 19.1 Å². The number of furan rings is 1. The average Bonchev–Trinajstić information content (AvgIpc) is 3.37. The van der Waals surface area contributed by atoms with Crippen molar-refractivity contribution >= 4 is 58.9 Å². The number of carbonyl (C=O) groups excluding carboxylic acids is 4. The van der Waals surface area contributed by atoms with E-state index in [0.29, 0.717) is 11.3 Å². The van der Waals surface area contributed by atoms with Crippen LogP contribution in [0.1, 0.15) is 41.4 Å². The lowest BCUT2D eigenvalue weighted by Gasteiger charge is -2.17. The van der Waals surface area contributed by atoms with Gasteiger partial charge in [0.05, 0.1) is 28.4 Å². The Bertz CT molecular complexity index is 1140. The van der Waals surface area contributed by atoms with E-state index in [2.05, 4.69) is 21.3 Å². The third kappa shape index (κ3) is 9.98. The molecule has 0 radical (unpaired) electrons. The Morgan fingerprint density at radius 2 is 1.76 bits per heavy atom. The van der Waals surface area contributed by atoms with E-state index in [9.17, 15) is 29.1 Å². The average molecular weight is 553 g/mol. The smallest absolute Gasteiger partial charge is 0.326 e. The Kier molecular flexibility index (Phi) is 11.7. The molecule has 13 heteroatoms. The number of aliphatic carboxylic acids is 1. The van der Waals surface area contributed by atoms with Crippen molar-refractivity contribution in [1.82, 2.24) is 21.3 Å². The van der Waals surface area contributed by atoms with Crippen LogP contribution in [0.25, 0.3) is 6.08 Å².